The van der Waals surface area contributed by atoms with Crippen molar-refractivity contribution < 1.29 is 0 Å². The smallest absolute Gasteiger partial charge is 0.0568 e. The van der Waals surface area contributed by atoms with Crippen LogP contribution in [0, 0.1) is 0 Å². The van der Waals surface area contributed by atoms with Gasteiger partial charge in [0.15, 0.2) is 0 Å². The summed E-state index contributed by atoms with van der Waals surface area (Å²) < 4.78 is 1.97. The average molecular weight is 201 g/mol. The highest BCUT2D eigenvalue weighted by atomic mass is 15.3. The molecule has 0 N–H and O–H groups in total. The molecule has 0 radical (unpaired) electrons. The molecule has 0 amide bonds. The highest BCUT2D eigenvalue weighted by Gasteiger charge is 2.14. The van der Waals surface area contributed by atoms with E-state index in [0.717, 1.165) is 11.1 Å². The molecule has 2 aromatic heterocycles. The molecule has 78 valence electrons. The molecular weight excluding hydrogens is 186 g/mol. The Morgan fingerprint density at radius 3 is 2.27 bits per heavy atom. The topological polar surface area (TPSA) is 30.7 Å². The van der Waals surface area contributed by atoms with Crippen molar-refractivity contribution in [2.45, 2.75) is 26.3 Å². The molecule has 0 unspecified atom stereocenters. The molecule has 0 saturated heterocycles. The van der Waals surface area contributed by atoms with E-state index in [4.69, 9.17) is 0 Å². The molecule has 0 bridgehead atoms. The van der Waals surface area contributed by atoms with Crippen LogP contribution >= 0.6 is 0 Å². The van der Waals surface area contributed by atoms with E-state index in [1.807, 2.05) is 23.0 Å². The summed E-state index contributed by atoms with van der Waals surface area (Å²) in [4.78, 5) is 4.00. The molecule has 15 heavy (non-hydrogen) atoms. The predicted octanol–water partition coefficient (Wildman–Crippen LogP) is 2.70. The van der Waals surface area contributed by atoms with E-state index in [1.54, 1.807) is 12.4 Å². The van der Waals surface area contributed by atoms with Crippen molar-refractivity contribution in [3.8, 4) is 11.1 Å². The Bertz CT molecular complexity index is 437. The van der Waals surface area contributed by atoms with Gasteiger partial charge in [-0.3, -0.25) is 9.67 Å². The van der Waals surface area contributed by atoms with Crippen LogP contribution in [0.2, 0.25) is 0 Å². The zero-order chi connectivity index (χ0) is 10.9. The molecule has 0 saturated carbocycles. The van der Waals surface area contributed by atoms with Crippen LogP contribution in [0.5, 0.6) is 0 Å². The van der Waals surface area contributed by atoms with Crippen LogP contribution in [0.1, 0.15) is 20.8 Å². The van der Waals surface area contributed by atoms with Crippen molar-refractivity contribution >= 4 is 0 Å². The number of aromatic nitrogens is 3. The summed E-state index contributed by atoms with van der Waals surface area (Å²) in [5, 5.41) is 4.36. The molecule has 2 aromatic rings. The van der Waals surface area contributed by atoms with Gasteiger partial charge in [-0.2, -0.15) is 5.10 Å². The second-order valence-electron chi connectivity index (χ2n) is 4.58. The standard InChI is InChI=1S/C12H15N3/c1-12(2,3)15-9-11(8-14-15)10-4-6-13-7-5-10/h4-9H,1-3H3. The third kappa shape index (κ3) is 2.06. The Labute approximate surface area is 89.8 Å². The maximum absolute atomic E-state index is 4.36. The van der Waals surface area contributed by atoms with Crippen LogP contribution in [-0.4, -0.2) is 14.8 Å². The normalized spacial score (nSPS) is 11.7. The van der Waals surface area contributed by atoms with E-state index in [9.17, 15) is 0 Å². The molecule has 2 rings (SSSR count). The Morgan fingerprint density at radius 1 is 1.07 bits per heavy atom. The Balaban J connectivity index is 2.37. The van der Waals surface area contributed by atoms with Gasteiger partial charge >= 0.3 is 0 Å². The van der Waals surface area contributed by atoms with Crippen molar-refractivity contribution in [1.82, 2.24) is 14.8 Å². The summed E-state index contributed by atoms with van der Waals surface area (Å²) in [6.45, 7) is 6.41. The maximum Gasteiger partial charge on any atom is 0.0568 e. The lowest BCUT2D eigenvalue weighted by atomic mass is 10.1. The van der Waals surface area contributed by atoms with E-state index in [2.05, 4.69) is 37.1 Å². The first-order valence-corrected chi connectivity index (χ1v) is 5.03. The minimum atomic E-state index is 0.0330. The third-order valence-corrected chi connectivity index (χ3v) is 2.28. The van der Waals surface area contributed by atoms with E-state index < -0.39 is 0 Å². The van der Waals surface area contributed by atoms with Crippen molar-refractivity contribution in [3.05, 3.63) is 36.9 Å². The predicted molar refractivity (Wildman–Crippen MR) is 60.5 cm³/mol. The van der Waals surface area contributed by atoms with Crippen molar-refractivity contribution in [2.75, 3.05) is 0 Å². The van der Waals surface area contributed by atoms with Crippen LogP contribution in [-0.2, 0) is 5.54 Å². The lowest BCUT2D eigenvalue weighted by Crippen LogP contribution is -2.21. The van der Waals surface area contributed by atoms with Crippen molar-refractivity contribution in [2.24, 2.45) is 0 Å². The molecule has 3 heteroatoms. The fraction of sp³-hybridized carbons (Fsp3) is 0.333. The Hall–Kier alpha value is -1.64. The van der Waals surface area contributed by atoms with Gasteiger partial charge in [-0.05, 0) is 38.5 Å². The van der Waals surface area contributed by atoms with Gasteiger partial charge in [-0.1, -0.05) is 0 Å². The number of nitrogens with zero attached hydrogens (tertiary/aromatic N) is 3. The molecule has 0 atom stereocenters. The summed E-state index contributed by atoms with van der Waals surface area (Å²) in [6, 6.07) is 3.98. The second-order valence-corrected chi connectivity index (χ2v) is 4.58. The first kappa shape index (κ1) is 9.90. The minimum Gasteiger partial charge on any atom is -0.267 e. The van der Waals surface area contributed by atoms with Crippen LogP contribution in [0.3, 0.4) is 0 Å². The van der Waals surface area contributed by atoms with Crippen molar-refractivity contribution in [3.63, 3.8) is 0 Å². The third-order valence-electron chi connectivity index (χ3n) is 2.28. The van der Waals surface area contributed by atoms with Crippen LogP contribution < -0.4 is 0 Å². The summed E-state index contributed by atoms with van der Waals surface area (Å²) >= 11 is 0. The lowest BCUT2D eigenvalue weighted by Gasteiger charge is -2.18. The van der Waals surface area contributed by atoms with E-state index in [-0.39, 0.29) is 5.54 Å². The van der Waals surface area contributed by atoms with E-state index in [0.29, 0.717) is 0 Å². The monoisotopic (exact) mass is 201 g/mol. The molecule has 3 nitrogen and oxygen atoms in total. The zero-order valence-corrected chi connectivity index (χ0v) is 9.31. The minimum absolute atomic E-state index is 0.0330. The molecule has 2 heterocycles. The Morgan fingerprint density at radius 2 is 1.73 bits per heavy atom. The van der Waals surface area contributed by atoms with Crippen LogP contribution in [0.4, 0.5) is 0 Å². The summed E-state index contributed by atoms with van der Waals surface area (Å²) in [5.41, 5.74) is 2.32. The van der Waals surface area contributed by atoms with Gasteiger partial charge in [0.1, 0.15) is 0 Å². The number of pyridine rings is 1. The molecule has 0 spiro atoms. The summed E-state index contributed by atoms with van der Waals surface area (Å²) in [6.07, 6.45) is 7.55. The summed E-state index contributed by atoms with van der Waals surface area (Å²) in [7, 11) is 0. The first-order valence-electron chi connectivity index (χ1n) is 5.03. The first-order chi connectivity index (χ1) is 7.07. The van der Waals surface area contributed by atoms with Gasteiger partial charge in [-0.15, -0.1) is 0 Å². The molecule has 0 aliphatic carbocycles. The van der Waals surface area contributed by atoms with E-state index >= 15 is 0 Å². The molecule has 0 aliphatic rings. The van der Waals surface area contributed by atoms with Crippen LogP contribution in [0.15, 0.2) is 36.9 Å². The number of hydrogen-bond donors (Lipinski definition) is 0. The second kappa shape index (κ2) is 3.50. The van der Waals surface area contributed by atoms with Gasteiger partial charge in [0.2, 0.25) is 0 Å². The van der Waals surface area contributed by atoms with E-state index in [1.165, 1.54) is 0 Å². The molecule has 0 aromatic carbocycles. The largest absolute Gasteiger partial charge is 0.267 e. The van der Waals surface area contributed by atoms with Gasteiger partial charge in [0.25, 0.3) is 0 Å². The van der Waals surface area contributed by atoms with Gasteiger partial charge in [0.05, 0.1) is 11.7 Å². The number of rotatable bonds is 1. The summed E-state index contributed by atoms with van der Waals surface area (Å²) in [5.74, 6) is 0. The SMILES string of the molecule is CC(C)(C)n1cc(-c2ccncc2)cn1. The zero-order valence-electron chi connectivity index (χ0n) is 9.31. The quantitative estimate of drug-likeness (QED) is 0.710. The van der Waals surface area contributed by atoms with Gasteiger partial charge in [0, 0.05) is 24.2 Å². The fourth-order valence-corrected chi connectivity index (χ4v) is 1.38. The van der Waals surface area contributed by atoms with Gasteiger partial charge in [-0.25, -0.2) is 0 Å². The highest BCUT2D eigenvalue weighted by molar-refractivity contribution is 5.60. The average Bonchev–Trinajstić information content (AvgIpc) is 2.67. The van der Waals surface area contributed by atoms with Gasteiger partial charge < -0.3 is 0 Å². The maximum atomic E-state index is 4.36. The molecular formula is C12H15N3. The highest BCUT2D eigenvalue weighted by Crippen LogP contribution is 2.20. The molecule has 0 aliphatic heterocycles. The Kier molecular flexibility index (Phi) is 2.31. The van der Waals surface area contributed by atoms with Crippen LogP contribution in [0.25, 0.3) is 11.1 Å². The van der Waals surface area contributed by atoms with Crippen molar-refractivity contribution in [1.29, 1.82) is 0 Å². The molecule has 0 fully saturated rings. The number of hydrogen-bond acceptors (Lipinski definition) is 2. The lowest BCUT2D eigenvalue weighted by molar-refractivity contribution is 0.355. The fourth-order valence-electron chi connectivity index (χ4n) is 1.38.